The number of para-hydroxylation sites is 1. The minimum absolute atomic E-state index is 0.330. The first-order chi connectivity index (χ1) is 11.9. The molecule has 0 saturated heterocycles. The summed E-state index contributed by atoms with van der Waals surface area (Å²) in [6.45, 7) is 0.330. The van der Waals surface area contributed by atoms with Gasteiger partial charge in [-0.15, -0.1) is 10.2 Å². The van der Waals surface area contributed by atoms with Crippen molar-refractivity contribution in [3.8, 4) is 5.75 Å². The summed E-state index contributed by atoms with van der Waals surface area (Å²) in [5.41, 5.74) is 1.14. The van der Waals surface area contributed by atoms with Gasteiger partial charge in [0.2, 0.25) is 4.96 Å². The number of rotatable bonds is 5. The molecule has 4 aromatic rings. The lowest BCUT2D eigenvalue weighted by Crippen LogP contribution is -2.02. The van der Waals surface area contributed by atoms with Gasteiger partial charge >= 0.3 is 0 Å². The van der Waals surface area contributed by atoms with Gasteiger partial charge in [-0.25, -0.2) is 0 Å². The van der Waals surface area contributed by atoms with E-state index in [4.69, 9.17) is 4.74 Å². The highest BCUT2D eigenvalue weighted by atomic mass is 32.1. The van der Waals surface area contributed by atoms with Crippen LogP contribution in [0.5, 0.6) is 5.75 Å². The molecular formula is C18H14N4OS. The van der Waals surface area contributed by atoms with Gasteiger partial charge in [-0.1, -0.05) is 65.9 Å². The fourth-order valence-electron chi connectivity index (χ4n) is 2.23. The molecule has 0 spiro atoms. The first-order valence-corrected chi connectivity index (χ1v) is 8.32. The monoisotopic (exact) mass is 334 g/mol. The molecule has 2 heterocycles. The van der Waals surface area contributed by atoms with Crippen molar-refractivity contribution >= 4 is 28.4 Å². The molecule has 0 aliphatic heterocycles. The summed E-state index contributed by atoms with van der Waals surface area (Å²) in [7, 11) is 0. The maximum atomic E-state index is 5.72. The molecule has 0 bridgehead atoms. The summed E-state index contributed by atoms with van der Waals surface area (Å²) in [4.78, 5) is 0.759. The number of benzene rings is 2. The highest BCUT2D eigenvalue weighted by Crippen LogP contribution is 2.18. The smallest absolute Gasteiger partial charge is 0.235 e. The van der Waals surface area contributed by atoms with Crippen LogP contribution in [-0.4, -0.2) is 19.8 Å². The van der Waals surface area contributed by atoms with Crippen LogP contribution in [0.3, 0.4) is 0 Å². The Labute approximate surface area is 142 Å². The summed E-state index contributed by atoms with van der Waals surface area (Å²) in [6.07, 6.45) is 4.02. The van der Waals surface area contributed by atoms with Crippen molar-refractivity contribution < 1.29 is 4.74 Å². The topological polar surface area (TPSA) is 52.3 Å². The molecule has 5 nitrogen and oxygen atoms in total. The Bertz CT molecular complexity index is 961. The van der Waals surface area contributed by atoms with Crippen molar-refractivity contribution in [3.63, 3.8) is 0 Å². The first-order valence-electron chi connectivity index (χ1n) is 7.50. The summed E-state index contributed by atoms with van der Waals surface area (Å²) in [5.74, 6) is 1.48. The molecular weight excluding hydrogens is 320 g/mol. The van der Waals surface area contributed by atoms with Crippen LogP contribution in [0.25, 0.3) is 17.1 Å². The molecule has 0 amide bonds. The zero-order valence-electron chi connectivity index (χ0n) is 12.7. The molecule has 0 unspecified atom stereocenters. The summed E-state index contributed by atoms with van der Waals surface area (Å²) >= 11 is 1.49. The third-order valence-corrected chi connectivity index (χ3v) is 4.26. The zero-order valence-corrected chi connectivity index (χ0v) is 13.6. The lowest BCUT2D eigenvalue weighted by atomic mass is 10.2. The second kappa shape index (κ2) is 6.64. The molecule has 118 valence electrons. The van der Waals surface area contributed by atoms with Gasteiger partial charge in [-0.2, -0.15) is 9.61 Å². The standard InChI is InChI=1S/C18H14N4OS/c1-3-7-14(8-4-1)11-12-17-21-22-16(19-20-18(22)24-17)13-23-15-9-5-2-6-10-15/h1-12H,13H2/b12-11+. The van der Waals surface area contributed by atoms with E-state index in [0.29, 0.717) is 12.4 Å². The fourth-order valence-corrected chi connectivity index (χ4v) is 2.99. The Hall–Kier alpha value is -2.99. The van der Waals surface area contributed by atoms with Crippen LogP contribution in [0.4, 0.5) is 0 Å². The Morgan fingerprint density at radius 3 is 2.46 bits per heavy atom. The number of ether oxygens (including phenoxy) is 1. The van der Waals surface area contributed by atoms with E-state index >= 15 is 0 Å². The molecule has 24 heavy (non-hydrogen) atoms. The molecule has 6 heteroatoms. The summed E-state index contributed by atoms with van der Waals surface area (Å²) in [6, 6.07) is 19.8. The molecule has 0 radical (unpaired) electrons. The predicted molar refractivity (Wildman–Crippen MR) is 94.8 cm³/mol. The van der Waals surface area contributed by atoms with E-state index in [1.54, 1.807) is 4.52 Å². The van der Waals surface area contributed by atoms with Crippen LogP contribution < -0.4 is 4.74 Å². The quantitative estimate of drug-likeness (QED) is 0.555. The van der Waals surface area contributed by atoms with Gasteiger partial charge in [-0.05, 0) is 23.8 Å². The van der Waals surface area contributed by atoms with Crippen LogP contribution in [0, 0.1) is 0 Å². The second-order valence-electron chi connectivity index (χ2n) is 5.10. The van der Waals surface area contributed by atoms with Gasteiger partial charge in [0.25, 0.3) is 0 Å². The number of nitrogens with zero attached hydrogens (tertiary/aromatic N) is 4. The van der Waals surface area contributed by atoms with Gasteiger partial charge in [0.1, 0.15) is 17.4 Å². The molecule has 0 atom stereocenters. The Morgan fingerprint density at radius 1 is 0.917 bits per heavy atom. The van der Waals surface area contributed by atoms with Gasteiger partial charge in [0, 0.05) is 0 Å². The van der Waals surface area contributed by atoms with E-state index in [9.17, 15) is 0 Å². The molecule has 0 saturated carbocycles. The Morgan fingerprint density at radius 2 is 1.67 bits per heavy atom. The van der Waals surface area contributed by atoms with Crippen molar-refractivity contribution in [2.45, 2.75) is 6.61 Å². The normalized spacial score (nSPS) is 11.3. The van der Waals surface area contributed by atoms with Gasteiger partial charge < -0.3 is 4.74 Å². The molecule has 2 aromatic carbocycles. The first kappa shape index (κ1) is 14.6. The van der Waals surface area contributed by atoms with Crippen molar-refractivity contribution in [1.82, 2.24) is 19.8 Å². The van der Waals surface area contributed by atoms with Crippen LogP contribution in [0.2, 0.25) is 0 Å². The average molecular weight is 334 g/mol. The van der Waals surface area contributed by atoms with Crippen molar-refractivity contribution in [2.24, 2.45) is 0 Å². The predicted octanol–water partition coefficient (Wildman–Crippen LogP) is 3.94. The van der Waals surface area contributed by atoms with Crippen LogP contribution >= 0.6 is 11.3 Å². The summed E-state index contributed by atoms with van der Waals surface area (Å²) < 4.78 is 7.45. The van der Waals surface area contributed by atoms with Crippen molar-refractivity contribution in [1.29, 1.82) is 0 Å². The van der Waals surface area contributed by atoms with E-state index in [1.165, 1.54) is 11.3 Å². The molecule has 0 N–H and O–H groups in total. The largest absolute Gasteiger partial charge is 0.486 e. The van der Waals surface area contributed by atoms with Gasteiger partial charge in [0.15, 0.2) is 5.82 Å². The molecule has 0 aliphatic rings. The Balaban J connectivity index is 1.52. The van der Waals surface area contributed by atoms with E-state index in [2.05, 4.69) is 27.4 Å². The van der Waals surface area contributed by atoms with E-state index in [1.807, 2.05) is 60.7 Å². The SMILES string of the molecule is C(=C\c1nn2c(COc3ccccc3)nnc2s1)/c1ccccc1. The van der Waals surface area contributed by atoms with Crippen LogP contribution in [-0.2, 0) is 6.61 Å². The molecule has 0 fully saturated rings. The third-order valence-electron chi connectivity index (χ3n) is 3.40. The number of hydrogen-bond acceptors (Lipinski definition) is 5. The molecule has 0 aliphatic carbocycles. The second-order valence-corrected chi connectivity index (χ2v) is 6.08. The number of hydrogen-bond donors (Lipinski definition) is 0. The van der Waals surface area contributed by atoms with Crippen molar-refractivity contribution in [2.75, 3.05) is 0 Å². The highest BCUT2D eigenvalue weighted by molar-refractivity contribution is 7.17. The van der Waals surface area contributed by atoms with Gasteiger partial charge in [-0.3, -0.25) is 0 Å². The summed E-state index contributed by atoms with van der Waals surface area (Å²) in [5, 5.41) is 13.7. The average Bonchev–Trinajstić information content (AvgIpc) is 3.20. The number of aromatic nitrogens is 4. The fraction of sp³-hybridized carbons (Fsp3) is 0.0556. The maximum Gasteiger partial charge on any atom is 0.235 e. The van der Waals surface area contributed by atoms with Crippen LogP contribution in [0.15, 0.2) is 60.7 Å². The minimum Gasteiger partial charge on any atom is -0.486 e. The maximum absolute atomic E-state index is 5.72. The van der Waals surface area contributed by atoms with Crippen LogP contribution in [0.1, 0.15) is 16.4 Å². The third kappa shape index (κ3) is 3.18. The molecule has 4 rings (SSSR count). The van der Waals surface area contributed by atoms with Gasteiger partial charge in [0.05, 0.1) is 0 Å². The molecule has 2 aromatic heterocycles. The van der Waals surface area contributed by atoms with E-state index in [-0.39, 0.29) is 0 Å². The van der Waals surface area contributed by atoms with Crippen molar-refractivity contribution in [3.05, 3.63) is 77.1 Å². The lowest BCUT2D eigenvalue weighted by Gasteiger charge is -2.02. The Kier molecular flexibility index (Phi) is 4.04. The van der Waals surface area contributed by atoms with E-state index < -0.39 is 0 Å². The highest BCUT2D eigenvalue weighted by Gasteiger charge is 2.11. The number of fused-ring (bicyclic) bond motifs is 1. The minimum atomic E-state index is 0.330. The lowest BCUT2D eigenvalue weighted by molar-refractivity contribution is 0.292. The van der Waals surface area contributed by atoms with E-state index in [0.717, 1.165) is 21.3 Å². The zero-order chi connectivity index (χ0) is 16.2.